The smallest absolute Gasteiger partial charge is 0.162 e. The number of nitrogens with two attached hydrogens (primary N) is 8. The highest BCUT2D eigenvalue weighted by Gasteiger charge is 2.24. The van der Waals surface area contributed by atoms with E-state index >= 15 is 0 Å². The van der Waals surface area contributed by atoms with Gasteiger partial charge in [-0.05, 0) is 250 Å². The predicted molar refractivity (Wildman–Crippen MR) is 553 cm³/mol. The SMILES string of the molecule is Cc1cnn2c(N)cc(CC3CCN(C)CC3)nc12.Cc1cnn2c(N)cc(CCC[C@@H]3CCCN3)nc12.Cc1cnn2c(N)cc(CCC[C@H]3CCCN3)nc12.Cc1cnn2c(N)cc(CCCc3ccccc3)nc12.Cc1cnn2c(N)cc(CCc3ccc(-c4ccccc4)cc3)nc12.Cc1cnn2c(N)cc(CCc3ccccc3)nc12.Cc1cnn2c(N)cc(N3CC[C@H](N)C3)nc12. The molecule has 0 aliphatic carbocycles. The first-order valence-electron chi connectivity index (χ1n) is 48.5. The quantitative estimate of drug-likeness (QED) is 0.0301. The lowest BCUT2D eigenvalue weighted by atomic mass is 9.92. The highest BCUT2D eigenvalue weighted by atomic mass is 15.3. The van der Waals surface area contributed by atoms with Gasteiger partial charge in [-0.25, -0.2) is 34.9 Å². The Morgan fingerprint density at radius 1 is 0.312 bits per heavy atom. The van der Waals surface area contributed by atoms with E-state index in [1.165, 1.54) is 105 Å². The minimum Gasteiger partial charge on any atom is -0.384 e. The number of anilines is 8. The van der Waals surface area contributed by atoms with Crippen LogP contribution in [0.15, 0.2) is 201 Å². The van der Waals surface area contributed by atoms with Gasteiger partial charge in [0, 0.05) is 147 Å². The third-order valence-electron chi connectivity index (χ3n) is 26.2. The van der Waals surface area contributed by atoms with Crippen LogP contribution in [0.25, 0.3) is 50.7 Å². The van der Waals surface area contributed by atoms with Crippen molar-refractivity contribution in [2.45, 2.75) is 201 Å². The number of fused-ring (bicyclic) bond motifs is 7. The first-order chi connectivity index (χ1) is 66.9. The summed E-state index contributed by atoms with van der Waals surface area (Å²) < 4.78 is 11.8. The van der Waals surface area contributed by atoms with Gasteiger partial charge in [-0.2, -0.15) is 67.3 Å². The van der Waals surface area contributed by atoms with Gasteiger partial charge in [0.15, 0.2) is 39.5 Å². The molecule has 718 valence electrons. The standard InChI is InChI=1S/C21H20N4.C16H18N4.C15H16N4.3C14H21N5.C11H16N6/c1-15-14-23-25-20(22)13-19(24-21(15)25)12-9-16-7-10-18(11-8-16)17-5-3-2-4-6-17;1-12-11-18-20-15(17)10-14(19-16(12)20)9-5-8-13-6-3-2-4-7-13;1-11-10-17-19-14(16)9-13(18-15(11)19)8-7-12-5-3-2-4-6-12;1-10-9-16-19-13(15)8-12(17-14(10)19)7-11-3-5-18(2)6-4-11;2*1-10-9-17-19-13(15)8-12(18-14(10)19)5-2-4-11-6-3-7-16-11;1-7-5-14-17-9(13)4-10(15-11(7)17)16-3-2-8(12)6-16/h2-8,10-11,13-14H,9,12,22H2,1H3;2-4,6-7,10-11H,5,8-9,17H2,1H3;2-6,9-10H,7-8,16H2,1H3;8-9,11H,3-7,15H2,1-2H3;2*8-9,11,16H,2-7,15H2,1H3;4-5,8H,2-3,6,12-13H2,1H3/t;;;;2*11-;8-/m....100/s1. The molecule has 22 rings (SSSR count). The predicted octanol–water partition coefficient (Wildman–Crippen LogP) is 14.3. The van der Waals surface area contributed by atoms with Crippen molar-refractivity contribution in [2.24, 2.45) is 11.7 Å². The number of likely N-dealkylation sites (tertiary alicyclic amines) is 1. The van der Waals surface area contributed by atoms with Gasteiger partial charge in [0.25, 0.3) is 0 Å². The number of rotatable bonds is 22. The van der Waals surface area contributed by atoms with Crippen LogP contribution in [0.4, 0.5) is 46.5 Å². The molecule has 0 bridgehead atoms. The molecule has 3 atom stereocenters. The molecule has 0 saturated carbocycles. The average Bonchev–Trinajstić information content (AvgIpc) is 2.03. The molecule has 0 unspecified atom stereocenters. The summed E-state index contributed by atoms with van der Waals surface area (Å²) in [6, 6.07) is 55.2. The van der Waals surface area contributed by atoms with Crippen molar-refractivity contribution in [1.29, 1.82) is 0 Å². The molecule has 33 nitrogen and oxygen atoms in total. The first kappa shape index (κ1) is 96.6. The van der Waals surface area contributed by atoms with Gasteiger partial charge in [0.05, 0.1) is 43.4 Å². The van der Waals surface area contributed by atoms with E-state index in [0.29, 0.717) is 52.8 Å². The van der Waals surface area contributed by atoms with E-state index in [1.54, 1.807) is 56.4 Å². The molecule has 33 heteroatoms. The largest absolute Gasteiger partial charge is 0.384 e. The number of hydrogen-bond donors (Lipinski definition) is 10. The van der Waals surface area contributed by atoms with Crippen molar-refractivity contribution >= 4 is 86.1 Å². The van der Waals surface area contributed by atoms with E-state index in [2.05, 4.69) is 185 Å². The average molecular weight is 1860 g/mol. The van der Waals surface area contributed by atoms with Crippen molar-refractivity contribution in [3.8, 4) is 11.1 Å². The molecule has 4 aromatic carbocycles. The number of nitrogen functional groups attached to an aromatic ring is 7. The van der Waals surface area contributed by atoms with Crippen LogP contribution in [0.5, 0.6) is 0 Å². The molecule has 4 saturated heterocycles. The molecule has 14 aromatic heterocycles. The summed E-state index contributed by atoms with van der Waals surface area (Å²) in [7, 11) is 2.19. The monoisotopic (exact) mass is 1860 g/mol. The molecule has 4 fully saturated rings. The molecule has 18 N–H and O–H groups in total. The minimum atomic E-state index is 0.236. The molecule has 4 aliphatic heterocycles. The number of piperidine rings is 1. The van der Waals surface area contributed by atoms with Crippen LogP contribution in [-0.2, 0) is 57.8 Å². The van der Waals surface area contributed by atoms with Gasteiger partial charge in [0.1, 0.15) is 46.5 Å². The zero-order valence-electron chi connectivity index (χ0n) is 80.9. The van der Waals surface area contributed by atoms with Crippen LogP contribution in [0, 0.1) is 54.4 Å². The number of hydrogen-bond acceptors (Lipinski definition) is 26. The molecular formula is C105H133N33. The third kappa shape index (κ3) is 24.6. The fourth-order valence-electron chi connectivity index (χ4n) is 18.3. The molecule has 18 aromatic rings. The molecular weight excluding hydrogens is 1720 g/mol. The van der Waals surface area contributed by atoms with E-state index in [9.17, 15) is 0 Å². The van der Waals surface area contributed by atoms with Gasteiger partial charge < -0.3 is 66.3 Å². The van der Waals surface area contributed by atoms with Crippen molar-refractivity contribution in [2.75, 3.05) is 91.4 Å². The molecule has 0 spiro atoms. The topological polar surface area (TPSA) is 450 Å². The maximum absolute atomic E-state index is 6.08. The third-order valence-corrected chi connectivity index (χ3v) is 26.2. The highest BCUT2D eigenvalue weighted by Crippen LogP contribution is 2.29. The Bertz CT molecular complexity index is 6930. The zero-order valence-corrected chi connectivity index (χ0v) is 80.9. The Labute approximate surface area is 805 Å². The van der Waals surface area contributed by atoms with Gasteiger partial charge in [-0.1, -0.05) is 115 Å². The summed E-state index contributed by atoms with van der Waals surface area (Å²) >= 11 is 0. The van der Waals surface area contributed by atoms with Crippen LogP contribution in [0.1, 0.15) is 167 Å². The molecule has 18 heterocycles. The number of aromatic nitrogens is 21. The first-order valence-corrected chi connectivity index (χ1v) is 48.5. The summed E-state index contributed by atoms with van der Waals surface area (Å²) in [4.78, 5) is 37.2. The highest BCUT2D eigenvalue weighted by molar-refractivity contribution is 5.65. The Kier molecular flexibility index (Phi) is 31.8. The second-order valence-corrected chi connectivity index (χ2v) is 37.2. The lowest BCUT2D eigenvalue weighted by Gasteiger charge is -2.28. The van der Waals surface area contributed by atoms with Crippen molar-refractivity contribution in [3.05, 3.63) is 291 Å². The summed E-state index contributed by atoms with van der Waals surface area (Å²) in [5, 5.41) is 36.6. The van der Waals surface area contributed by atoms with Gasteiger partial charge in [-0.15, -0.1) is 0 Å². The van der Waals surface area contributed by atoms with E-state index in [4.69, 9.17) is 55.8 Å². The van der Waals surface area contributed by atoms with E-state index in [1.807, 2.05) is 128 Å². The maximum Gasteiger partial charge on any atom is 0.162 e. The lowest BCUT2D eigenvalue weighted by molar-refractivity contribution is 0.218. The number of nitrogens with one attached hydrogen (secondary N) is 2. The lowest BCUT2D eigenvalue weighted by Crippen LogP contribution is -2.31. The maximum atomic E-state index is 6.08. The van der Waals surface area contributed by atoms with Crippen LogP contribution in [-0.4, -0.2) is 172 Å². The number of aryl methyl sites for hydroxylation is 15. The normalized spacial score (nSPS) is 15.5. The van der Waals surface area contributed by atoms with E-state index in [0.717, 1.165) is 221 Å². The van der Waals surface area contributed by atoms with Crippen LogP contribution in [0.3, 0.4) is 0 Å². The summed E-state index contributed by atoms with van der Waals surface area (Å²) in [6.07, 6.45) is 35.9. The second-order valence-electron chi connectivity index (χ2n) is 37.2. The molecule has 0 radical (unpaired) electrons. The fourth-order valence-corrected chi connectivity index (χ4v) is 18.3. The minimum absolute atomic E-state index is 0.236. The molecule has 138 heavy (non-hydrogen) atoms. The Morgan fingerprint density at radius 3 is 0.978 bits per heavy atom. The van der Waals surface area contributed by atoms with Crippen molar-refractivity contribution < 1.29 is 0 Å². The number of benzene rings is 4. The Hall–Kier alpha value is -14.5. The van der Waals surface area contributed by atoms with Gasteiger partial charge in [0.2, 0.25) is 0 Å². The van der Waals surface area contributed by atoms with Crippen molar-refractivity contribution in [1.82, 2.24) is 118 Å². The second kappa shape index (κ2) is 45.4. The zero-order chi connectivity index (χ0) is 96.3. The van der Waals surface area contributed by atoms with Gasteiger partial charge >= 0.3 is 0 Å². The fraction of sp³-hybridized carbons (Fsp3) is 0.371. The Morgan fingerprint density at radius 2 is 0.623 bits per heavy atom. The summed E-state index contributed by atoms with van der Waals surface area (Å²) in [5.74, 6) is 6.19. The van der Waals surface area contributed by atoms with Crippen LogP contribution in [0.2, 0.25) is 0 Å². The van der Waals surface area contributed by atoms with E-state index < -0.39 is 0 Å². The van der Waals surface area contributed by atoms with Crippen LogP contribution >= 0.6 is 0 Å². The van der Waals surface area contributed by atoms with E-state index in [-0.39, 0.29) is 6.04 Å². The van der Waals surface area contributed by atoms with Crippen molar-refractivity contribution in [3.63, 3.8) is 0 Å². The summed E-state index contributed by atoms with van der Waals surface area (Å²) in [5.41, 5.74) is 74.2. The molecule has 4 aliphatic rings. The van der Waals surface area contributed by atoms with Crippen LogP contribution < -0.4 is 61.4 Å². The Balaban J connectivity index is 0.000000117. The van der Waals surface area contributed by atoms with Gasteiger partial charge in [-0.3, -0.25) is 0 Å². The molecule has 0 amide bonds. The number of nitrogens with zero attached hydrogens (tertiary/aromatic N) is 23. The summed E-state index contributed by atoms with van der Waals surface area (Å²) in [6.45, 7) is 20.5.